The summed E-state index contributed by atoms with van der Waals surface area (Å²) in [4.78, 5) is 6.86. The minimum Gasteiger partial charge on any atom is -0.396 e. The average Bonchev–Trinajstić information content (AvgIpc) is 2.68. The largest absolute Gasteiger partial charge is 0.396 e. The highest BCUT2D eigenvalue weighted by molar-refractivity contribution is 5.64. The fourth-order valence-corrected chi connectivity index (χ4v) is 4.34. The lowest BCUT2D eigenvalue weighted by molar-refractivity contribution is 0.0820. The van der Waals surface area contributed by atoms with Gasteiger partial charge in [0.25, 0.3) is 0 Å². The summed E-state index contributed by atoms with van der Waals surface area (Å²) >= 11 is 0. The molecule has 2 aliphatic rings. The number of likely N-dealkylation sites (tertiary alicyclic amines) is 1. The molecule has 1 aromatic heterocycles. The first-order chi connectivity index (χ1) is 11.8. The zero-order valence-corrected chi connectivity index (χ0v) is 14.2. The van der Waals surface area contributed by atoms with Crippen molar-refractivity contribution in [1.82, 2.24) is 9.88 Å². The van der Waals surface area contributed by atoms with Crippen molar-refractivity contribution in [2.45, 2.75) is 38.1 Å². The first kappa shape index (κ1) is 15.8. The van der Waals surface area contributed by atoms with Gasteiger partial charge in [0.1, 0.15) is 0 Å². The van der Waals surface area contributed by atoms with Crippen LogP contribution >= 0.6 is 0 Å². The Kier molecular flexibility index (Phi) is 4.63. The van der Waals surface area contributed by atoms with Gasteiger partial charge < -0.3 is 5.11 Å². The summed E-state index contributed by atoms with van der Waals surface area (Å²) in [5, 5.41) is 9.47. The lowest BCUT2D eigenvalue weighted by Crippen LogP contribution is -2.45. The Morgan fingerprint density at radius 3 is 2.92 bits per heavy atom. The number of nitrogens with zero attached hydrogens (tertiary/aromatic N) is 2. The van der Waals surface area contributed by atoms with E-state index < -0.39 is 0 Å². The van der Waals surface area contributed by atoms with Crippen LogP contribution in [0.5, 0.6) is 0 Å². The van der Waals surface area contributed by atoms with Crippen molar-refractivity contribution in [2.24, 2.45) is 5.92 Å². The van der Waals surface area contributed by atoms with E-state index in [0.29, 0.717) is 18.6 Å². The van der Waals surface area contributed by atoms with Crippen LogP contribution in [0.25, 0.3) is 11.1 Å². The van der Waals surface area contributed by atoms with Gasteiger partial charge in [0.2, 0.25) is 0 Å². The number of fused-ring (bicyclic) bond motifs is 1. The third-order valence-corrected chi connectivity index (χ3v) is 5.73. The Morgan fingerprint density at radius 1 is 1.12 bits per heavy atom. The van der Waals surface area contributed by atoms with E-state index in [0.717, 1.165) is 19.4 Å². The number of aliphatic hydroxyl groups is 1. The predicted octanol–water partition coefficient (Wildman–Crippen LogP) is 3.31. The number of benzene rings is 1. The Bertz CT molecular complexity index is 685. The fraction of sp³-hybridized carbons (Fsp3) is 0.476. The van der Waals surface area contributed by atoms with Crippen molar-refractivity contribution in [3.8, 4) is 11.1 Å². The Morgan fingerprint density at radius 2 is 2.08 bits per heavy atom. The van der Waals surface area contributed by atoms with Crippen LogP contribution in [0.3, 0.4) is 0 Å². The van der Waals surface area contributed by atoms with Gasteiger partial charge in [-0.3, -0.25) is 9.88 Å². The van der Waals surface area contributed by atoms with Gasteiger partial charge in [-0.1, -0.05) is 24.3 Å². The lowest BCUT2D eigenvalue weighted by Gasteiger charge is -2.40. The van der Waals surface area contributed by atoms with Gasteiger partial charge in [-0.05, 0) is 72.9 Å². The maximum absolute atomic E-state index is 9.47. The van der Waals surface area contributed by atoms with E-state index in [1.54, 1.807) is 0 Å². The second-order valence-corrected chi connectivity index (χ2v) is 7.31. The van der Waals surface area contributed by atoms with E-state index in [4.69, 9.17) is 0 Å². The highest BCUT2D eigenvalue weighted by Gasteiger charge is 2.28. The molecule has 2 heterocycles. The normalized spacial score (nSPS) is 24.5. The molecule has 2 unspecified atom stereocenters. The van der Waals surface area contributed by atoms with E-state index in [1.165, 1.54) is 48.1 Å². The van der Waals surface area contributed by atoms with E-state index in [1.807, 2.05) is 18.5 Å². The smallest absolute Gasteiger partial charge is 0.0471 e. The summed E-state index contributed by atoms with van der Waals surface area (Å²) in [6, 6.07) is 11.7. The Hall–Kier alpha value is -1.71. The third-order valence-electron chi connectivity index (χ3n) is 5.73. The summed E-state index contributed by atoms with van der Waals surface area (Å²) < 4.78 is 0. The molecule has 126 valence electrons. The zero-order valence-electron chi connectivity index (χ0n) is 14.2. The molecule has 0 amide bonds. The second kappa shape index (κ2) is 7.04. The molecule has 0 bridgehead atoms. The van der Waals surface area contributed by atoms with Gasteiger partial charge in [-0.25, -0.2) is 0 Å². The summed E-state index contributed by atoms with van der Waals surface area (Å²) in [6.45, 7) is 2.61. The number of hydrogen-bond acceptors (Lipinski definition) is 3. The van der Waals surface area contributed by atoms with Gasteiger partial charge >= 0.3 is 0 Å². The summed E-state index contributed by atoms with van der Waals surface area (Å²) in [6.07, 6.45) is 9.73. The highest BCUT2D eigenvalue weighted by atomic mass is 16.3. The number of piperidine rings is 1. The number of hydrogen-bond donors (Lipinski definition) is 1. The monoisotopic (exact) mass is 322 g/mol. The first-order valence-corrected chi connectivity index (χ1v) is 9.20. The maximum atomic E-state index is 9.47. The van der Waals surface area contributed by atoms with Gasteiger partial charge in [0.05, 0.1) is 0 Å². The van der Waals surface area contributed by atoms with Crippen LogP contribution in [-0.4, -0.2) is 40.7 Å². The molecule has 4 rings (SSSR count). The summed E-state index contributed by atoms with van der Waals surface area (Å²) in [5.74, 6) is 0.480. The van der Waals surface area contributed by atoms with E-state index in [-0.39, 0.29) is 0 Å². The highest BCUT2D eigenvalue weighted by Crippen LogP contribution is 2.30. The summed E-state index contributed by atoms with van der Waals surface area (Å²) in [7, 11) is 0. The molecule has 0 saturated carbocycles. The fourth-order valence-electron chi connectivity index (χ4n) is 4.34. The number of pyridine rings is 1. The molecule has 0 radical (unpaired) electrons. The van der Waals surface area contributed by atoms with Crippen molar-refractivity contribution < 1.29 is 5.11 Å². The first-order valence-electron chi connectivity index (χ1n) is 9.20. The zero-order chi connectivity index (χ0) is 16.4. The molecule has 24 heavy (non-hydrogen) atoms. The van der Waals surface area contributed by atoms with Crippen LogP contribution in [0, 0.1) is 5.92 Å². The lowest BCUT2D eigenvalue weighted by atomic mass is 9.84. The molecule has 1 fully saturated rings. The molecule has 2 aromatic rings. The molecule has 1 aliphatic carbocycles. The molecule has 1 saturated heterocycles. The van der Waals surface area contributed by atoms with E-state index >= 15 is 0 Å². The minimum atomic E-state index is 0.342. The van der Waals surface area contributed by atoms with Crippen molar-refractivity contribution >= 4 is 0 Å². The predicted molar refractivity (Wildman–Crippen MR) is 96.9 cm³/mol. The maximum Gasteiger partial charge on any atom is 0.0471 e. The molecule has 1 aromatic carbocycles. The molecule has 0 spiro atoms. The quantitative estimate of drug-likeness (QED) is 0.942. The van der Waals surface area contributed by atoms with Gasteiger partial charge in [-0.2, -0.15) is 0 Å². The molecule has 3 heteroatoms. The summed E-state index contributed by atoms with van der Waals surface area (Å²) in [5.41, 5.74) is 5.48. The Labute approximate surface area is 144 Å². The van der Waals surface area contributed by atoms with Gasteiger partial charge in [-0.15, -0.1) is 0 Å². The van der Waals surface area contributed by atoms with E-state index in [2.05, 4.69) is 34.1 Å². The molecule has 2 atom stereocenters. The second-order valence-electron chi connectivity index (χ2n) is 7.31. The van der Waals surface area contributed by atoms with Crippen LogP contribution in [-0.2, 0) is 12.8 Å². The standard InChI is InChI=1S/C21H26N2O/c24-15-16-3-2-10-23(14-16)21-8-7-17-11-18(5-6-19(17)12-21)20-4-1-9-22-13-20/h1,4-6,9,11,13,16,21,24H,2-3,7-8,10,12,14-15H2. The van der Waals surface area contributed by atoms with Crippen LogP contribution in [0.2, 0.25) is 0 Å². The van der Waals surface area contributed by atoms with Crippen molar-refractivity contribution in [2.75, 3.05) is 19.7 Å². The molecular weight excluding hydrogens is 296 g/mol. The van der Waals surface area contributed by atoms with Crippen LogP contribution < -0.4 is 0 Å². The van der Waals surface area contributed by atoms with Crippen LogP contribution in [0.4, 0.5) is 0 Å². The molecular formula is C21H26N2O. The Balaban J connectivity index is 1.50. The number of aromatic nitrogens is 1. The molecule has 1 N–H and O–H groups in total. The van der Waals surface area contributed by atoms with Gasteiger partial charge in [0.15, 0.2) is 0 Å². The number of aliphatic hydroxyl groups excluding tert-OH is 1. The van der Waals surface area contributed by atoms with E-state index in [9.17, 15) is 5.11 Å². The number of rotatable bonds is 3. The van der Waals surface area contributed by atoms with Crippen LogP contribution in [0.15, 0.2) is 42.7 Å². The minimum absolute atomic E-state index is 0.342. The van der Waals surface area contributed by atoms with Crippen molar-refractivity contribution in [1.29, 1.82) is 0 Å². The average molecular weight is 322 g/mol. The number of aryl methyl sites for hydroxylation is 1. The molecule has 3 nitrogen and oxygen atoms in total. The third kappa shape index (κ3) is 3.24. The van der Waals surface area contributed by atoms with Crippen molar-refractivity contribution in [3.05, 3.63) is 53.9 Å². The van der Waals surface area contributed by atoms with Crippen molar-refractivity contribution in [3.63, 3.8) is 0 Å². The molecule has 1 aliphatic heterocycles. The van der Waals surface area contributed by atoms with Gasteiger partial charge in [0, 0.05) is 31.6 Å². The topological polar surface area (TPSA) is 36.4 Å². The van der Waals surface area contributed by atoms with Crippen LogP contribution in [0.1, 0.15) is 30.4 Å². The SMILES string of the molecule is OCC1CCCN(C2CCc3cc(-c4cccnc4)ccc3C2)C1.